The van der Waals surface area contributed by atoms with Gasteiger partial charge >= 0.3 is 17.1 Å². The summed E-state index contributed by atoms with van der Waals surface area (Å²) in [6.45, 7) is 12.0. The highest BCUT2D eigenvalue weighted by atomic mass is 16.5. The van der Waals surface area contributed by atoms with E-state index in [1.54, 1.807) is 18.2 Å². The van der Waals surface area contributed by atoms with E-state index in [-0.39, 0.29) is 54.3 Å². The van der Waals surface area contributed by atoms with E-state index in [0.29, 0.717) is 19.8 Å². The minimum Gasteiger partial charge on any atom is -0.376 e. The maximum Gasteiger partial charge on any atom is 0.336 e. The molecule has 1 aromatic heterocycles. The largest absolute Gasteiger partial charge is 0.376 e. The van der Waals surface area contributed by atoms with E-state index < -0.39 is 17.1 Å². The van der Waals surface area contributed by atoms with Gasteiger partial charge in [-0.15, -0.1) is 19.7 Å². The van der Waals surface area contributed by atoms with Crippen LogP contribution in [0.25, 0.3) is 0 Å². The SMILES string of the molecule is C.C.C=CCOCCn1c(=O)n(CCOCC=C)c(=O)n(CCOCC=C)c1=O. The van der Waals surface area contributed by atoms with Gasteiger partial charge in [-0.25, -0.2) is 28.1 Å². The van der Waals surface area contributed by atoms with E-state index in [2.05, 4.69) is 19.7 Å². The minimum absolute atomic E-state index is 0. The summed E-state index contributed by atoms with van der Waals surface area (Å²) in [4.78, 5) is 37.7. The van der Waals surface area contributed by atoms with Crippen LogP contribution in [0.2, 0.25) is 0 Å². The first-order chi connectivity index (χ1) is 13.1. The van der Waals surface area contributed by atoms with Gasteiger partial charge in [0.25, 0.3) is 0 Å². The molecule has 166 valence electrons. The predicted molar refractivity (Wildman–Crippen MR) is 116 cm³/mol. The van der Waals surface area contributed by atoms with Crippen molar-refractivity contribution in [3.05, 3.63) is 69.4 Å². The molecule has 0 aliphatic rings. The van der Waals surface area contributed by atoms with Gasteiger partial charge in [0.1, 0.15) is 0 Å². The number of rotatable bonds is 15. The van der Waals surface area contributed by atoms with Gasteiger partial charge in [0.15, 0.2) is 0 Å². The van der Waals surface area contributed by atoms with Gasteiger partial charge in [-0.05, 0) is 0 Å². The Morgan fingerprint density at radius 3 is 1.03 bits per heavy atom. The Morgan fingerprint density at radius 1 is 0.586 bits per heavy atom. The Hall–Kier alpha value is -2.49. The molecule has 9 nitrogen and oxygen atoms in total. The lowest BCUT2D eigenvalue weighted by molar-refractivity contribution is 0.136. The fraction of sp³-hybridized carbons (Fsp3) is 0.550. The molecule has 1 rings (SSSR count). The van der Waals surface area contributed by atoms with Crippen LogP contribution in [0.15, 0.2) is 52.3 Å². The Labute approximate surface area is 172 Å². The van der Waals surface area contributed by atoms with Crippen LogP contribution in [-0.2, 0) is 33.8 Å². The molecule has 0 aliphatic heterocycles. The van der Waals surface area contributed by atoms with Crippen LogP contribution >= 0.6 is 0 Å². The van der Waals surface area contributed by atoms with Gasteiger partial charge in [-0.1, -0.05) is 33.1 Å². The van der Waals surface area contributed by atoms with Crippen LogP contribution in [0.4, 0.5) is 0 Å². The first kappa shape index (κ1) is 28.7. The van der Waals surface area contributed by atoms with E-state index in [4.69, 9.17) is 14.2 Å². The van der Waals surface area contributed by atoms with Crippen molar-refractivity contribution >= 4 is 0 Å². The van der Waals surface area contributed by atoms with Crippen molar-refractivity contribution in [2.45, 2.75) is 34.5 Å². The van der Waals surface area contributed by atoms with Gasteiger partial charge in [0.2, 0.25) is 0 Å². The second-order valence-electron chi connectivity index (χ2n) is 5.39. The summed E-state index contributed by atoms with van der Waals surface area (Å²) in [7, 11) is 0. The van der Waals surface area contributed by atoms with Crippen molar-refractivity contribution in [2.75, 3.05) is 39.6 Å². The Morgan fingerprint density at radius 2 is 0.828 bits per heavy atom. The maximum atomic E-state index is 12.6. The second-order valence-corrected chi connectivity index (χ2v) is 5.39. The summed E-state index contributed by atoms with van der Waals surface area (Å²) >= 11 is 0. The summed E-state index contributed by atoms with van der Waals surface area (Å²) < 4.78 is 18.7. The molecule has 0 bridgehead atoms. The fourth-order valence-electron chi connectivity index (χ4n) is 2.22. The number of hydrogen-bond donors (Lipinski definition) is 0. The molecule has 0 atom stereocenters. The second kappa shape index (κ2) is 16.5. The summed E-state index contributed by atoms with van der Waals surface area (Å²) in [5, 5.41) is 0. The van der Waals surface area contributed by atoms with Crippen LogP contribution in [0.1, 0.15) is 14.9 Å². The zero-order chi connectivity index (χ0) is 20.1. The highest BCUT2D eigenvalue weighted by Crippen LogP contribution is 1.84. The van der Waals surface area contributed by atoms with Crippen molar-refractivity contribution < 1.29 is 14.2 Å². The molecule has 0 radical (unpaired) electrons. The van der Waals surface area contributed by atoms with Crippen LogP contribution < -0.4 is 17.1 Å². The minimum atomic E-state index is -0.697. The van der Waals surface area contributed by atoms with Gasteiger partial charge in [0.05, 0.1) is 59.3 Å². The van der Waals surface area contributed by atoms with Crippen molar-refractivity contribution in [1.82, 2.24) is 13.7 Å². The van der Waals surface area contributed by atoms with Crippen molar-refractivity contribution in [1.29, 1.82) is 0 Å². The number of ether oxygens (including phenoxy) is 3. The first-order valence-corrected chi connectivity index (χ1v) is 8.58. The van der Waals surface area contributed by atoms with Crippen LogP contribution in [-0.4, -0.2) is 53.3 Å². The zero-order valence-corrected chi connectivity index (χ0v) is 15.5. The number of nitrogens with zero attached hydrogens (tertiary/aromatic N) is 3. The molecule has 0 spiro atoms. The van der Waals surface area contributed by atoms with Crippen molar-refractivity contribution in [3.8, 4) is 0 Å². The normalized spacial score (nSPS) is 9.93. The van der Waals surface area contributed by atoms with E-state index in [1.165, 1.54) is 0 Å². The third-order valence-electron chi connectivity index (χ3n) is 3.47. The van der Waals surface area contributed by atoms with Gasteiger partial charge < -0.3 is 14.2 Å². The smallest absolute Gasteiger partial charge is 0.336 e. The highest BCUT2D eigenvalue weighted by molar-refractivity contribution is 4.80. The van der Waals surface area contributed by atoms with Crippen LogP contribution in [0.5, 0.6) is 0 Å². The molecular weight excluding hydrogens is 378 g/mol. The average Bonchev–Trinajstić information content (AvgIpc) is 2.66. The lowest BCUT2D eigenvalue weighted by Gasteiger charge is -2.14. The Bertz CT molecular complexity index is 656. The molecular formula is C20H35N3O6. The monoisotopic (exact) mass is 413 g/mol. The molecule has 0 fully saturated rings. The average molecular weight is 414 g/mol. The van der Waals surface area contributed by atoms with Crippen LogP contribution in [0.3, 0.4) is 0 Å². The molecule has 0 aromatic carbocycles. The lowest BCUT2D eigenvalue weighted by atomic mass is 10.5. The standard InChI is InChI=1S/C18H27N3O6.2CH4/c1-4-10-25-13-7-19-16(22)20(8-14-26-11-5-2)18(24)21(17(19)23)9-15-27-12-6-3;;/h4-6H,1-3,7-15H2;2*1H4. The number of aromatic nitrogens is 3. The molecule has 1 aromatic rings. The van der Waals surface area contributed by atoms with E-state index >= 15 is 0 Å². The number of hydrogen-bond acceptors (Lipinski definition) is 6. The molecule has 0 N–H and O–H groups in total. The summed E-state index contributed by atoms with van der Waals surface area (Å²) in [6.07, 6.45) is 4.70. The molecule has 0 amide bonds. The maximum absolute atomic E-state index is 12.6. The van der Waals surface area contributed by atoms with Gasteiger partial charge in [-0.3, -0.25) is 0 Å². The summed E-state index contributed by atoms with van der Waals surface area (Å²) in [6, 6.07) is 0. The van der Waals surface area contributed by atoms with Crippen LogP contribution in [0, 0.1) is 0 Å². The molecule has 1 heterocycles. The molecule has 29 heavy (non-hydrogen) atoms. The van der Waals surface area contributed by atoms with E-state index in [0.717, 1.165) is 13.7 Å². The molecule has 0 unspecified atom stereocenters. The highest BCUT2D eigenvalue weighted by Gasteiger charge is 2.15. The van der Waals surface area contributed by atoms with Gasteiger partial charge in [-0.2, -0.15) is 0 Å². The summed E-state index contributed by atoms with van der Waals surface area (Å²) in [5.74, 6) is 0. The quantitative estimate of drug-likeness (QED) is 0.315. The van der Waals surface area contributed by atoms with E-state index in [9.17, 15) is 14.4 Å². The molecule has 0 saturated carbocycles. The Balaban J connectivity index is 0. The molecule has 9 heteroatoms. The van der Waals surface area contributed by atoms with Crippen molar-refractivity contribution in [3.63, 3.8) is 0 Å². The van der Waals surface area contributed by atoms with Crippen molar-refractivity contribution in [2.24, 2.45) is 0 Å². The summed E-state index contributed by atoms with van der Waals surface area (Å²) in [5.41, 5.74) is -2.09. The fourth-order valence-corrected chi connectivity index (χ4v) is 2.22. The molecule has 0 saturated heterocycles. The topological polar surface area (TPSA) is 93.7 Å². The van der Waals surface area contributed by atoms with E-state index in [1.807, 2.05) is 0 Å². The molecule has 0 aliphatic carbocycles. The zero-order valence-electron chi connectivity index (χ0n) is 15.5. The first-order valence-electron chi connectivity index (χ1n) is 8.58. The Kier molecular flexibility index (Phi) is 16.3. The van der Waals surface area contributed by atoms with Gasteiger partial charge in [0, 0.05) is 0 Å². The third kappa shape index (κ3) is 9.03. The third-order valence-corrected chi connectivity index (χ3v) is 3.47. The lowest BCUT2D eigenvalue weighted by Crippen LogP contribution is -2.55. The predicted octanol–water partition coefficient (Wildman–Crippen LogP) is 1.05.